The summed E-state index contributed by atoms with van der Waals surface area (Å²) in [4.78, 5) is -0.194. The van der Waals surface area contributed by atoms with Crippen LogP contribution in [0.15, 0.2) is 45.7 Å². The topological polar surface area (TPSA) is 79.5 Å². The molecular formula is C13H14FNO4S. The van der Waals surface area contributed by atoms with E-state index in [9.17, 15) is 17.9 Å². The predicted molar refractivity (Wildman–Crippen MR) is 70.0 cm³/mol. The molecule has 0 aliphatic carbocycles. The number of rotatable bonds is 5. The summed E-state index contributed by atoms with van der Waals surface area (Å²) < 4.78 is 44.2. The van der Waals surface area contributed by atoms with E-state index in [0.717, 1.165) is 12.1 Å². The lowest BCUT2D eigenvalue weighted by molar-refractivity contribution is 0.152. The van der Waals surface area contributed by atoms with E-state index in [1.807, 2.05) is 0 Å². The molecule has 5 nitrogen and oxygen atoms in total. The molecule has 1 aromatic carbocycles. The molecule has 1 heterocycles. The van der Waals surface area contributed by atoms with Crippen LogP contribution in [0, 0.1) is 12.7 Å². The number of nitrogens with one attached hydrogen (secondary N) is 1. The van der Waals surface area contributed by atoms with E-state index in [4.69, 9.17) is 4.42 Å². The van der Waals surface area contributed by atoms with Crippen LogP contribution in [0.1, 0.15) is 17.6 Å². The van der Waals surface area contributed by atoms with Crippen LogP contribution in [0.5, 0.6) is 0 Å². The summed E-state index contributed by atoms with van der Waals surface area (Å²) in [5.41, 5.74) is 0. The number of benzene rings is 1. The summed E-state index contributed by atoms with van der Waals surface area (Å²) in [5.74, 6) is 0.242. The fourth-order valence-corrected chi connectivity index (χ4v) is 2.71. The Balaban J connectivity index is 2.06. The second-order valence-electron chi connectivity index (χ2n) is 4.27. The maximum absolute atomic E-state index is 13.0. The summed E-state index contributed by atoms with van der Waals surface area (Å²) in [6.07, 6.45) is -1.10. The van der Waals surface area contributed by atoms with Gasteiger partial charge in [-0.2, -0.15) is 0 Å². The Kier molecular flexibility index (Phi) is 4.22. The highest BCUT2D eigenvalue weighted by Crippen LogP contribution is 2.16. The zero-order chi connectivity index (χ0) is 14.8. The molecule has 1 aromatic heterocycles. The molecule has 0 fully saturated rings. The van der Waals surface area contributed by atoms with Gasteiger partial charge in [0.2, 0.25) is 10.0 Å². The summed E-state index contributed by atoms with van der Waals surface area (Å²) in [5, 5.41) is 9.80. The van der Waals surface area contributed by atoms with Crippen LogP contribution in [0.4, 0.5) is 4.39 Å². The molecule has 0 spiro atoms. The van der Waals surface area contributed by atoms with Crippen LogP contribution in [0.25, 0.3) is 0 Å². The first-order chi connectivity index (χ1) is 9.38. The number of hydrogen-bond donors (Lipinski definition) is 2. The van der Waals surface area contributed by atoms with Gasteiger partial charge >= 0.3 is 0 Å². The van der Waals surface area contributed by atoms with E-state index in [0.29, 0.717) is 5.76 Å². The lowest BCUT2D eigenvalue weighted by Gasteiger charge is -2.10. The van der Waals surface area contributed by atoms with Crippen molar-refractivity contribution in [3.63, 3.8) is 0 Å². The molecule has 0 bridgehead atoms. The molecule has 0 radical (unpaired) electrons. The SMILES string of the molecule is Cc1ccc(C(O)CNS(=O)(=O)c2cccc(F)c2)o1. The van der Waals surface area contributed by atoms with Crippen LogP contribution in [-0.4, -0.2) is 20.1 Å². The Labute approximate surface area is 116 Å². The molecule has 0 aliphatic heterocycles. The Morgan fingerprint density at radius 3 is 2.70 bits per heavy atom. The van der Waals surface area contributed by atoms with Gasteiger partial charge < -0.3 is 9.52 Å². The van der Waals surface area contributed by atoms with Gasteiger partial charge in [0.1, 0.15) is 23.4 Å². The van der Waals surface area contributed by atoms with E-state index in [-0.39, 0.29) is 17.2 Å². The number of aliphatic hydroxyl groups is 1. The molecule has 0 saturated heterocycles. The molecular weight excluding hydrogens is 285 g/mol. The number of halogens is 1. The normalized spacial score (nSPS) is 13.3. The summed E-state index contributed by atoms with van der Waals surface area (Å²) >= 11 is 0. The Hall–Kier alpha value is -1.70. The van der Waals surface area contributed by atoms with E-state index in [1.54, 1.807) is 19.1 Å². The van der Waals surface area contributed by atoms with Gasteiger partial charge in [-0.05, 0) is 37.3 Å². The van der Waals surface area contributed by atoms with Gasteiger partial charge in [-0.15, -0.1) is 0 Å². The van der Waals surface area contributed by atoms with Crippen LogP contribution < -0.4 is 4.72 Å². The minimum atomic E-state index is -3.87. The summed E-state index contributed by atoms with van der Waals surface area (Å²) in [6.45, 7) is 1.46. The van der Waals surface area contributed by atoms with Crippen molar-refractivity contribution in [3.05, 3.63) is 53.7 Å². The van der Waals surface area contributed by atoms with Crippen LogP contribution >= 0.6 is 0 Å². The van der Waals surface area contributed by atoms with Crippen molar-refractivity contribution >= 4 is 10.0 Å². The van der Waals surface area contributed by atoms with Crippen molar-refractivity contribution in [1.82, 2.24) is 4.72 Å². The first-order valence-corrected chi connectivity index (χ1v) is 7.36. The van der Waals surface area contributed by atoms with Gasteiger partial charge in [0.15, 0.2) is 0 Å². The number of hydrogen-bond acceptors (Lipinski definition) is 4. The van der Waals surface area contributed by atoms with E-state index in [2.05, 4.69) is 4.72 Å². The van der Waals surface area contributed by atoms with Gasteiger partial charge in [0, 0.05) is 6.54 Å². The van der Waals surface area contributed by atoms with E-state index < -0.39 is 21.9 Å². The molecule has 1 atom stereocenters. The fraction of sp³-hybridized carbons (Fsp3) is 0.231. The minimum Gasteiger partial charge on any atom is -0.464 e. The largest absolute Gasteiger partial charge is 0.464 e. The van der Waals surface area contributed by atoms with Crippen molar-refractivity contribution in [2.24, 2.45) is 0 Å². The maximum Gasteiger partial charge on any atom is 0.240 e. The summed E-state index contributed by atoms with van der Waals surface area (Å²) in [7, 11) is -3.87. The highest BCUT2D eigenvalue weighted by atomic mass is 32.2. The van der Waals surface area contributed by atoms with Crippen LogP contribution in [0.3, 0.4) is 0 Å². The molecule has 2 N–H and O–H groups in total. The molecule has 2 rings (SSSR count). The molecule has 2 aromatic rings. The third-order valence-electron chi connectivity index (χ3n) is 2.66. The van der Waals surface area contributed by atoms with Crippen LogP contribution in [0.2, 0.25) is 0 Å². The summed E-state index contributed by atoms with van der Waals surface area (Å²) in [6, 6.07) is 7.87. The Morgan fingerprint density at radius 2 is 2.10 bits per heavy atom. The zero-order valence-electron chi connectivity index (χ0n) is 10.7. The standard InChI is InChI=1S/C13H14FNO4S/c1-9-5-6-13(19-9)12(16)8-15-20(17,18)11-4-2-3-10(14)7-11/h2-7,12,15-16H,8H2,1H3. The van der Waals surface area contributed by atoms with Gasteiger partial charge in [0.25, 0.3) is 0 Å². The highest BCUT2D eigenvalue weighted by Gasteiger charge is 2.18. The third kappa shape index (κ3) is 3.44. The van der Waals surface area contributed by atoms with Gasteiger partial charge in [-0.3, -0.25) is 0 Å². The second-order valence-corrected chi connectivity index (χ2v) is 6.04. The first-order valence-electron chi connectivity index (χ1n) is 5.88. The van der Waals surface area contributed by atoms with Gasteiger partial charge in [0.05, 0.1) is 4.90 Å². The van der Waals surface area contributed by atoms with E-state index in [1.165, 1.54) is 12.1 Å². The average Bonchev–Trinajstić information content (AvgIpc) is 2.83. The fourth-order valence-electron chi connectivity index (χ4n) is 1.64. The number of aryl methyl sites for hydroxylation is 1. The van der Waals surface area contributed by atoms with Gasteiger partial charge in [-0.1, -0.05) is 6.07 Å². The van der Waals surface area contributed by atoms with Gasteiger partial charge in [-0.25, -0.2) is 17.5 Å². The number of aliphatic hydroxyl groups excluding tert-OH is 1. The molecule has 1 unspecified atom stereocenters. The second kappa shape index (κ2) is 5.74. The van der Waals surface area contributed by atoms with Crippen molar-refractivity contribution in [3.8, 4) is 0 Å². The number of furan rings is 1. The predicted octanol–water partition coefficient (Wildman–Crippen LogP) is 1.74. The van der Waals surface area contributed by atoms with Crippen molar-refractivity contribution in [1.29, 1.82) is 0 Å². The monoisotopic (exact) mass is 299 g/mol. The third-order valence-corrected chi connectivity index (χ3v) is 4.08. The molecule has 20 heavy (non-hydrogen) atoms. The van der Waals surface area contributed by atoms with Crippen molar-refractivity contribution < 1.29 is 22.3 Å². The number of sulfonamides is 1. The average molecular weight is 299 g/mol. The molecule has 0 amide bonds. The van der Waals surface area contributed by atoms with Crippen molar-refractivity contribution in [2.45, 2.75) is 17.9 Å². The highest BCUT2D eigenvalue weighted by molar-refractivity contribution is 7.89. The lowest BCUT2D eigenvalue weighted by atomic mass is 10.3. The quantitative estimate of drug-likeness (QED) is 0.881. The minimum absolute atomic E-state index is 0.194. The van der Waals surface area contributed by atoms with E-state index >= 15 is 0 Å². The zero-order valence-corrected chi connectivity index (χ0v) is 11.5. The van der Waals surface area contributed by atoms with Crippen molar-refractivity contribution in [2.75, 3.05) is 6.54 Å². The first kappa shape index (κ1) is 14.7. The van der Waals surface area contributed by atoms with Crippen LogP contribution in [-0.2, 0) is 10.0 Å². The smallest absolute Gasteiger partial charge is 0.240 e. The molecule has 0 saturated carbocycles. The Bertz CT molecular complexity index is 696. The molecule has 108 valence electrons. The molecule has 7 heteroatoms. The Morgan fingerprint density at radius 1 is 1.35 bits per heavy atom. The maximum atomic E-state index is 13.0. The lowest BCUT2D eigenvalue weighted by Crippen LogP contribution is -2.28. The molecule has 0 aliphatic rings.